The number of ketones is 1. The Labute approximate surface area is 275 Å². The van der Waals surface area contributed by atoms with E-state index in [2.05, 4.69) is 94.5 Å². The van der Waals surface area contributed by atoms with E-state index in [0.29, 0.717) is 18.2 Å². The maximum absolute atomic E-state index is 12.9. The zero-order valence-electron chi connectivity index (χ0n) is 28.6. The monoisotopic (exact) mass is 638 g/mol. The van der Waals surface area contributed by atoms with Crippen molar-refractivity contribution in [3.8, 4) is 0 Å². The number of benzene rings is 3. The van der Waals surface area contributed by atoms with Crippen molar-refractivity contribution >= 4 is 11.5 Å². The smallest absolute Gasteiger partial charge is 0.369 e. The molecule has 0 aliphatic heterocycles. The molecule has 0 heterocycles. The number of hydrogen-bond acceptors (Lipinski definition) is 4. The number of ether oxygens (including phenoxy) is 1. The quantitative estimate of drug-likeness (QED) is 0.144. The average molecular weight is 639 g/mol. The van der Waals surface area contributed by atoms with Gasteiger partial charge >= 0.3 is 6.18 Å². The molecule has 1 unspecified atom stereocenters. The first-order chi connectivity index (χ1) is 21.9. The number of aryl methyl sites for hydroxylation is 1. The van der Waals surface area contributed by atoms with Crippen LogP contribution in [-0.2, 0) is 16.1 Å². The van der Waals surface area contributed by atoms with E-state index in [1.54, 1.807) is 31.2 Å². The summed E-state index contributed by atoms with van der Waals surface area (Å²) in [4.78, 5) is 11.6. The molecule has 3 aromatic carbocycles. The zero-order valence-corrected chi connectivity index (χ0v) is 28.6. The first-order valence-corrected chi connectivity index (χ1v) is 16.2. The first-order valence-electron chi connectivity index (χ1n) is 16.2. The van der Waals surface area contributed by atoms with Crippen LogP contribution in [0.5, 0.6) is 0 Å². The predicted molar refractivity (Wildman–Crippen MR) is 187 cm³/mol. The Morgan fingerprint density at radius 3 is 2.02 bits per heavy atom. The van der Waals surface area contributed by atoms with Crippen LogP contribution in [0.15, 0.2) is 102 Å². The van der Waals surface area contributed by atoms with Crippen LogP contribution < -0.4 is 11.1 Å². The number of anilines is 1. The van der Waals surface area contributed by atoms with Crippen molar-refractivity contribution in [1.29, 1.82) is 0 Å². The Bertz CT molecular complexity index is 1350. The van der Waals surface area contributed by atoms with Crippen molar-refractivity contribution in [2.45, 2.75) is 93.0 Å². The van der Waals surface area contributed by atoms with Gasteiger partial charge in [0.2, 0.25) is 0 Å². The molecule has 7 heteroatoms. The molecule has 0 aliphatic rings. The molecule has 3 N–H and O–H groups in total. The summed E-state index contributed by atoms with van der Waals surface area (Å²) in [6.07, 6.45) is 1.22. The molecule has 3 aromatic rings. The van der Waals surface area contributed by atoms with E-state index in [1.165, 1.54) is 42.9 Å². The summed E-state index contributed by atoms with van der Waals surface area (Å²) in [5, 5.41) is 2.73. The molecule has 4 nitrogen and oxygen atoms in total. The number of hydrogen-bond donors (Lipinski definition) is 2. The van der Waals surface area contributed by atoms with Crippen LogP contribution in [0.1, 0.15) is 95.6 Å². The normalized spacial score (nSPS) is 12.4. The van der Waals surface area contributed by atoms with Crippen LogP contribution in [-0.4, -0.2) is 18.6 Å². The van der Waals surface area contributed by atoms with Crippen LogP contribution in [0, 0.1) is 12.8 Å². The standard InChI is InChI=1S/C20H26O.C16H19F3N2O.C3H8/c1-4-17(5-2)15-21-20(18-11-7-6-8-12-18)19-13-9-10-16(3)14-19;1-3-5-13(16(17,18)19)9-15(11(2)22)21-14-7-4-6-12(8-14)10-20;1-3-2/h6-14,17,20H,4-5,15H2,1-3H3;4-9,21H,3,10,20H2,1-2H3;3H2,1-2H3/b;13-5-,15-9-;. The number of alkyl halides is 3. The van der Waals surface area contributed by atoms with Gasteiger partial charge in [-0.05, 0) is 54.2 Å². The molecule has 0 saturated carbocycles. The number of carbonyl (C=O) groups is 1. The van der Waals surface area contributed by atoms with Crippen LogP contribution in [0.3, 0.4) is 0 Å². The van der Waals surface area contributed by atoms with Gasteiger partial charge < -0.3 is 15.8 Å². The highest BCUT2D eigenvalue weighted by Gasteiger charge is 2.32. The van der Waals surface area contributed by atoms with E-state index < -0.39 is 17.5 Å². The number of halogens is 3. The molecule has 0 saturated heterocycles. The van der Waals surface area contributed by atoms with Gasteiger partial charge in [-0.2, -0.15) is 13.2 Å². The fourth-order valence-corrected chi connectivity index (χ4v) is 4.39. The third-order valence-electron chi connectivity index (χ3n) is 6.97. The third-order valence-corrected chi connectivity index (χ3v) is 6.97. The highest BCUT2D eigenvalue weighted by atomic mass is 19.4. The molecule has 0 aromatic heterocycles. The van der Waals surface area contributed by atoms with E-state index in [0.717, 1.165) is 24.3 Å². The second kappa shape index (κ2) is 22.0. The summed E-state index contributed by atoms with van der Waals surface area (Å²) in [5.74, 6) is 0.158. The van der Waals surface area contributed by atoms with E-state index in [1.807, 2.05) is 0 Å². The lowest BCUT2D eigenvalue weighted by Crippen LogP contribution is -2.15. The van der Waals surface area contributed by atoms with E-state index >= 15 is 0 Å². The molecule has 1 atom stereocenters. The fraction of sp³-hybridized carbons (Fsp3) is 0.410. The Balaban J connectivity index is 0.000000424. The number of Topliss-reactive ketones (excluding diaryl/α,β-unsaturated/α-hetero) is 1. The zero-order chi connectivity index (χ0) is 34.5. The molecule has 0 fully saturated rings. The van der Waals surface area contributed by atoms with Crippen molar-refractivity contribution in [2.75, 3.05) is 11.9 Å². The molecular formula is C39H53F3N2O2. The summed E-state index contributed by atoms with van der Waals surface area (Å²) < 4.78 is 45.1. The average Bonchev–Trinajstić information content (AvgIpc) is 3.03. The molecular weight excluding hydrogens is 585 g/mol. The SMILES string of the molecule is CC/C=C(/C=C(\Nc1cccc(CN)c1)C(C)=O)C(F)(F)F.CCC.CCC(CC)COC(c1ccccc1)c1cccc(C)c1. The molecule has 0 bridgehead atoms. The minimum absolute atomic E-state index is 0.0340. The van der Waals surface area contributed by atoms with E-state index in [9.17, 15) is 18.0 Å². The lowest BCUT2D eigenvalue weighted by molar-refractivity contribution is -0.113. The number of nitrogens with two attached hydrogens (primary N) is 1. The van der Waals surface area contributed by atoms with Crippen LogP contribution in [0.25, 0.3) is 0 Å². The lowest BCUT2D eigenvalue weighted by Gasteiger charge is -2.22. The Hall–Kier alpha value is -3.68. The molecule has 0 radical (unpaired) electrons. The summed E-state index contributed by atoms with van der Waals surface area (Å²) in [5.41, 5.74) is 9.64. The van der Waals surface area contributed by atoms with Crippen LogP contribution >= 0.6 is 0 Å². The van der Waals surface area contributed by atoms with Gasteiger partial charge in [-0.15, -0.1) is 0 Å². The van der Waals surface area contributed by atoms with Gasteiger partial charge in [0, 0.05) is 19.2 Å². The van der Waals surface area contributed by atoms with Gasteiger partial charge in [0.05, 0.1) is 17.9 Å². The third kappa shape index (κ3) is 15.1. The molecule has 0 amide bonds. The molecule has 46 heavy (non-hydrogen) atoms. The van der Waals surface area contributed by atoms with Gasteiger partial charge in [-0.25, -0.2) is 0 Å². The minimum atomic E-state index is -4.50. The highest BCUT2D eigenvalue weighted by Crippen LogP contribution is 2.29. The van der Waals surface area contributed by atoms with Crippen molar-refractivity contribution in [2.24, 2.45) is 11.7 Å². The summed E-state index contributed by atoms with van der Waals surface area (Å²) in [6, 6.07) is 26.0. The predicted octanol–water partition coefficient (Wildman–Crippen LogP) is 10.9. The first kappa shape index (κ1) is 40.3. The molecule has 0 aliphatic carbocycles. The maximum atomic E-state index is 12.9. The molecule has 3 rings (SSSR count). The summed E-state index contributed by atoms with van der Waals surface area (Å²) in [7, 11) is 0. The Morgan fingerprint density at radius 1 is 0.891 bits per heavy atom. The Morgan fingerprint density at radius 2 is 1.50 bits per heavy atom. The van der Waals surface area contributed by atoms with Crippen molar-refractivity contribution in [3.63, 3.8) is 0 Å². The van der Waals surface area contributed by atoms with Gasteiger partial charge in [0.25, 0.3) is 0 Å². The van der Waals surface area contributed by atoms with Gasteiger partial charge in [0.1, 0.15) is 6.10 Å². The largest absolute Gasteiger partial charge is 0.416 e. The number of nitrogens with one attached hydrogen (secondary N) is 1. The molecule has 0 spiro atoms. The van der Waals surface area contributed by atoms with E-state index in [4.69, 9.17) is 10.5 Å². The molecule has 252 valence electrons. The highest BCUT2D eigenvalue weighted by molar-refractivity contribution is 5.96. The fourth-order valence-electron chi connectivity index (χ4n) is 4.39. The van der Waals surface area contributed by atoms with Crippen molar-refractivity contribution in [3.05, 3.63) is 125 Å². The maximum Gasteiger partial charge on any atom is 0.416 e. The van der Waals surface area contributed by atoms with Crippen molar-refractivity contribution in [1.82, 2.24) is 0 Å². The summed E-state index contributed by atoms with van der Waals surface area (Å²) >= 11 is 0. The number of carbonyl (C=O) groups excluding carboxylic acids is 1. The van der Waals surface area contributed by atoms with Crippen molar-refractivity contribution < 1.29 is 22.7 Å². The van der Waals surface area contributed by atoms with Crippen LogP contribution in [0.2, 0.25) is 0 Å². The lowest BCUT2D eigenvalue weighted by atomic mass is 9.99. The van der Waals surface area contributed by atoms with Gasteiger partial charge in [-0.3, -0.25) is 4.79 Å². The van der Waals surface area contributed by atoms with Gasteiger partial charge in [0.15, 0.2) is 5.78 Å². The number of allylic oxidation sites excluding steroid dienone is 4. The second-order valence-electron chi connectivity index (χ2n) is 11.1. The topological polar surface area (TPSA) is 64.3 Å². The van der Waals surface area contributed by atoms with Gasteiger partial charge in [-0.1, -0.05) is 132 Å². The van der Waals surface area contributed by atoms with Crippen LogP contribution in [0.4, 0.5) is 18.9 Å². The van der Waals surface area contributed by atoms with E-state index in [-0.39, 0.29) is 18.2 Å². The minimum Gasteiger partial charge on any atom is -0.369 e. The summed E-state index contributed by atoms with van der Waals surface area (Å²) in [6.45, 7) is 14.8. The number of rotatable bonds is 13. The second-order valence-corrected chi connectivity index (χ2v) is 11.1. The Kier molecular flexibility index (Phi) is 19.3.